The molecule has 1 aromatic heterocycles. The molecule has 0 radical (unpaired) electrons. The van der Waals surface area contributed by atoms with Crippen molar-refractivity contribution in [1.82, 2.24) is 9.88 Å². The summed E-state index contributed by atoms with van der Waals surface area (Å²) in [5.74, 6) is 0.439. The molecule has 0 saturated heterocycles. The molecule has 7 heteroatoms. The number of aromatic hydroxyl groups is 1. The summed E-state index contributed by atoms with van der Waals surface area (Å²) in [6.07, 6.45) is 0. The Kier molecular flexibility index (Phi) is 5.73. The van der Waals surface area contributed by atoms with Gasteiger partial charge in [0.25, 0.3) is 5.91 Å². The predicted octanol–water partition coefficient (Wildman–Crippen LogP) is 4.93. The van der Waals surface area contributed by atoms with Gasteiger partial charge in [0.15, 0.2) is 0 Å². The van der Waals surface area contributed by atoms with Crippen molar-refractivity contribution in [2.45, 2.75) is 19.8 Å². The van der Waals surface area contributed by atoms with E-state index in [2.05, 4.69) is 24.1 Å². The van der Waals surface area contributed by atoms with E-state index in [1.165, 1.54) is 0 Å². The number of hydrogen-bond donors (Lipinski definition) is 3. The van der Waals surface area contributed by atoms with Crippen molar-refractivity contribution >= 4 is 44.9 Å². The highest BCUT2D eigenvalue weighted by Crippen LogP contribution is 2.47. The zero-order chi connectivity index (χ0) is 24.9. The van der Waals surface area contributed by atoms with Crippen molar-refractivity contribution in [3.8, 4) is 5.75 Å². The highest BCUT2D eigenvalue weighted by Gasteiger charge is 2.37. The van der Waals surface area contributed by atoms with Crippen LogP contribution in [-0.4, -0.2) is 54.0 Å². The second kappa shape index (κ2) is 8.74. The van der Waals surface area contributed by atoms with Crippen LogP contribution in [0.5, 0.6) is 5.75 Å². The molecule has 1 aliphatic rings. The smallest absolute Gasteiger partial charge is 0.274 e. The Bertz CT molecular complexity index is 1450. The van der Waals surface area contributed by atoms with Crippen LogP contribution in [0.15, 0.2) is 54.6 Å². The number of likely N-dealkylation sites (N-methyl/N-ethyl adjacent to an activating group) is 1. The van der Waals surface area contributed by atoms with Crippen LogP contribution in [0.3, 0.4) is 0 Å². The predicted molar refractivity (Wildman–Crippen MR) is 140 cm³/mol. The van der Waals surface area contributed by atoms with Gasteiger partial charge in [-0.1, -0.05) is 38.1 Å². The maximum atomic E-state index is 13.7. The Morgan fingerprint density at radius 2 is 1.86 bits per heavy atom. The summed E-state index contributed by atoms with van der Waals surface area (Å²) in [7, 11) is 3.69. The first-order valence-corrected chi connectivity index (χ1v) is 11.9. The number of benzene rings is 3. The number of phenols is 1. The number of carbonyl (C=O) groups is 2. The largest absolute Gasteiger partial charge is 0.507 e. The van der Waals surface area contributed by atoms with Crippen LogP contribution in [0, 0.1) is 5.92 Å². The van der Waals surface area contributed by atoms with Crippen LogP contribution < -0.4 is 10.2 Å². The molecule has 2 heterocycles. The van der Waals surface area contributed by atoms with Crippen molar-refractivity contribution in [2.75, 3.05) is 37.4 Å². The standard InChI is InChI=1S/C28H30N4O3/c1-16(2)21-14-32(24-13-25(33)19-7-5-6-8-20(19)27(21)24)28(35)23-12-17-11-18(9-10-22(17)30-23)29-26(34)15-31(3)4/h5-13,16,21,30,33H,14-15H2,1-4H3,(H,29,34). The summed E-state index contributed by atoms with van der Waals surface area (Å²) in [6.45, 7) is 5.18. The number of nitrogens with one attached hydrogen (secondary N) is 2. The highest BCUT2D eigenvalue weighted by atomic mass is 16.3. The number of aromatic nitrogens is 1. The fraction of sp³-hybridized carbons (Fsp3) is 0.286. The molecule has 7 nitrogen and oxygen atoms in total. The van der Waals surface area contributed by atoms with Gasteiger partial charge < -0.3 is 25.2 Å². The Balaban J connectivity index is 1.50. The number of anilines is 2. The van der Waals surface area contributed by atoms with Gasteiger partial charge in [-0.2, -0.15) is 0 Å². The number of carbonyl (C=O) groups excluding carboxylic acids is 2. The zero-order valence-corrected chi connectivity index (χ0v) is 20.4. The zero-order valence-electron chi connectivity index (χ0n) is 20.4. The van der Waals surface area contributed by atoms with Crippen molar-refractivity contribution in [3.05, 3.63) is 65.9 Å². The maximum Gasteiger partial charge on any atom is 0.274 e. The van der Waals surface area contributed by atoms with Crippen LogP contribution in [0.4, 0.5) is 11.4 Å². The average Bonchev–Trinajstić information content (AvgIpc) is 3.40. The highest BCUT2D eigenvalue weighted by molar-refractivity contribution is 6.11. The number of nitrogens with zero attached hydrogens (tertiary/aromatic N) is 2. The van der Waals surface area contributed by atoms with Gasteiger partial charge in [0.05, 0.1) is 12.2 Å². The third-order valence-electron chi connectivity index (χ3n) is 6.73. The molecule has 0 bridgehead atoms. The summed E-state index contributed by atoms with van der Waals surface area (Å²) < 4.78 is 0. The lowest BCUT2D eigenvalue weighted by atomic mass is 9.87. The van der Waals surface area contributed by atoms with Gasteiger partial charge in [-0.05, 0) is 55.2 Å². The molecule has 0 saturated carbocycles. The lowest BCUT2D eigenvalue weighted by molar-refractivity contribution is -0.116. The van der Waals surface area contributed by atoms with E-state index in [0.717, 1.165) is 32.9 Å². The number of phenolic OH excluding ortho intramolecular Hbond substituents is 1. The Morgan fingerprint density at radius 3 is 2.57 bits per heavy atom. The van der Waals surface area contributed by atoms with Crippen molar-refractivity contribution < 1.29 is 14.7 Å². The summed E-state index contributed by atoms with van der Waals surface area (Å²) in [5.41, 5.74) is 3.86. The van der Waals surface area contributed by atoms with Gasteiger partial charge in [-0.25, -0.2) is 0 Å². The summed E-state index contributed by atoms with van der Waals surface area (Å²) in [4.78, 5) is 32.7. The molecule has 5 rings (SSSR count). The summed E-state index contributed by atoms with van der Waals surface area (Å²) >= 11 is 0. The molecule has 0 aliphatic carbocycles. The van der Waals surface area contributed by atoms with Crippen LogP contribution in [0.2, 0.25) is 0 Å². The first kappa shape index (κ1) is 22.9. The van der Waals surface area contributed by atoms with Crippen molar-refractivity contribution in [3.63, 3.8) is 0 Å². The van der Waals surface area contributed by atoms with Crippen molar-refractivity contribution in [2.24, 2.45) is 5.92 Å². The van der Waals surface area contributed by atoms with Crippen LogP contribution >= 0.6 is 0 Å². The second-order valence-corrected chi connectivity index (χ2v) is 9.91. The molecule has 4 aromatic rings. The topological polar surface area (TPSA) is 88.7 Å². The Labute approximate surface area is 204 Å². The first-order valence-electron chi connectivity index (χ1n) is 11.9. The maximum absolute atomic E-state index is 13.7. The molecule has 2 amide bonds. The van der Waals surface area contributed by atoms with E-state index in [1.807, 2.05) is 62.6 Å². The lowest BCUT2D eigenvalue weighted by Crippen LogP contribution is -2.30. The molecule has 3 N–H and O–H groups in total. The Morgan fingerprint density at radius 1 is 1.11 bits per heavy atom. The fourth-order valence-corrected chi connectivity index (χ4v) is 5.06. The number of rotatable bonds is 5. The molecular formula is C28H30N4O3. The molecule has 180 valence electrons. The summed E-state index contributed by atoms with van der Waals surface area (Å²) in [5, 5.41) is 16.3. The molecule has 0 spiro atoms. The van der Waals surface area contributed by atoms with E-state index in [0.29, 0.717) is 30.4 Å². The van der Waals surface area contributed by atoms with E-state index < -0.39 is 0 Å². The molecule has 0 fully saturated rings. The Hall–Kier alpha value is -3.84. The molecule has 1 atom stereocenters. The number of hydrogen-bond acceptors (Lipinski definition) is 4. The summed E-state index contributed by atoms with van der Waals surface area (Å²) in [6, 6.07) is 16.9. The van der Waals surface area contributed by atoms with Gasteiger partial charge >= 0.3 is 0 Å². The van der Waals surface area contributed by atoms with Gasteiger partial charge in [-0.15, -0.1) is 0 Å². The average molecular weight is 471 g/mol. The van der Waals surface area contributed by atoms with E-state index in [9.17, 15) is 14.7 Å². The van der Waals surface area contributed by atoms with Gasteiger partial charge in [0.1, 0.15) is 11.4 Å². The SMILES string of the molecule is CC(C)C1CN(C(=O)c2cc3cc(NC(=O)CN(C)C)ccc3[nH]2)c2cc(O)c3ccccc3c21. The first-order chi connectivity index (χ1) is 16.7. The van der Waals surface area contributed by atoms with Crippen LogP contribution in [0.25, 0.3) is 21.7 Å². The number of H-pyrrole nitrogens is 1. The minimum atomic E-state index is -0.140. The second-order valence-electron chi connectivity index (χ2n) is 9.91. The van der Waals surface area contributed by atoms with Gasteiger partial charge in [0.2, 0.25) is 5.91 Å². The number of aromatic amines is 1. The third-order valence-corrected chi connectivity index (χ3v) is 6.73. The quantitative estimate of drug-likeness (QED) is 0.386. The minimum Gasteiger partial charge on any atom is -0.507 e. The van der Waals surface area contributed by atoms with Crippen LogP contribution in [0.1, 0.15) is 35.8 Å². The van der Waals surface area contributed by atoms with Crippen LogP contribution in [-0.2, 0) is 4.79 Å². The molecule has 1 aliphatic heterocycles. The van der Waals surface area contributed by atoms with Gasteiger partial charge in [-0.3, -0.25) is 9.59 Å². The third kappa shape index (κ3) is 4.12. The van der Waals surface area contributed by atoms with E-state index in [1.54, 1.807) is 15.9 Å². The van der Waals surface area contributed by atoms with E-state index in [-0.39, 0.29) is 23.5 Å². The molecular weight excluding hydrogens is 440 g/mol. The molecule has 3 aromatic carbocycles. The van der Waals surface area contributed by atoms with Gasteiger partial charge in [0, 0.05) is 40.5 Å². The monoisotopic (exact) mass is 470 g/mol. The fourth-order valence-electron chi connectivity index (χ4n) is 5.06. The van der Waals surface area contributed by atoms with E-state index in [4.69, 9.17) is 0 Å². The normalized spacial score (nSPS) is 15.4. The van der Waals surface area contributed by atoms with E-state index >= 15 is 0 Å². The molecule has 1 unspecified atom stereocenters. The minimum absolute atomic E-state index is 0.0957. The number of fused-ring (bicyclic) bond motifs is 4. The molecule has 35 heavy (non-hydrogen) atoms. The number of amides is 2. The lowest BCUT2D eigenvalue weighted by Gasteiger charge is -2.18. The van der Waals surface area contributed by atoms with Crippen molar-refractivity contribution in [1.29, 1.82) is 0 Å².